The molecule has 0 heteroatoms. The van der Waals surface area contributed by atoms with Gasteiger partial charge in [-0.1, -0.05) is 91.8 Å². The van der Waals surface area contributed by atoms with E-state index in [9.17, 15) is 0 Å². The van der Waals surface area contributed by atoms with Crippen LogP contribution in [0.1, 0.15) is 114 Å². The van der Waals surface area contributed by atoms with E-state index in [4.69, 9.17) is 0 Å². The molecule has 2 aromatic rings. The highest BCUT2D eigenvalue weighted by molar-refractivity contribution is 5.54. The zero-order chi connectivity index (χ0) is 22.4. The molecule has 2 rings (SSSR count). The maximum absolute atomic E-state index is 2.64. The summed E-state index contributed by atoms with van der Waals surface area (Å²) in [4.78, 5) is 0. The molecule has 1 atom stereocenters. The van der Waals surface area contributed by atoms with Gasteiger partial charge in [0.15, 0.2) is 0 Å². The Bertz CT molecular complexity index is 786. The summed E-state index contributed by atoms with van der Waals surface area (Å²) in [7, 11) is 0. The van der Waals surface area contributed by atoms with E-state index in [1.807, 2.05) is 0 Å². The molecule has 0 saturated carbocycles. The molecule has 0 bridgehead atoms. The minimum atomic E-state index is 0.0535. The zero-order valence-electron chi connectivity index (χ0n) is 21.1. The molecule has 0 N–H and O–H groups in total. The van der Waals surface area contributed by atoms with Crippen LogP contribution in [-0.2, 0) is 31.1 Å². The molecule has 2 aromatic carbocycles. The molecule has 0 fully saturated rings. The quantitative estimate of drug-likeness (QED) is 0.349. The van der Waals surface area contributed by atoms with E-state index in [2.05, 4.69) is 91.8 Å². The van der Waals surface area contributed by atoms with E-state index in [0.29, 0.717) is 0 Å². The maximum atomic E-state index is 2.64. The van der Waals surface area contributed by atoms with Crippen molar-refractivity contribution in [1.29, 1.82) is 0 Å². The van der Waals surface area contributed by atoms with Crippen molar-refractivity contribution in [3.63, 3.8) is 0 Å². The monoisotopic (exact) mass is 406 g/mol. The summed E-state index contributed by atoms with van der Waals surface area (Å²) in [6, 6.07) is 14.1. The molecule has 30 heavy (non-hydrogen) atoms. The van der Waals surface area contributed by atoms with Crippen molar-refractivity contribution in [3.05, 3.63) is 69.8 Å². The molecule has 0 aliphatic carbocycles. The summed E-state index contributed by atoms with van der Waals surface area (Å²) >= 11 is 0. The molecule has 0 amide bonds. The summed E-state index contributed by atoms with van der Waals surface area (Å²) in [5.41, 5.74) is 9.93. The first kappa shape index (κ1) is 24.7. The molecular weight excluding hydrogens is 360 g/mol. The van der Waals surface area contributed by atoms with Gasteiger partial charge < -0.3 is 0 Å². The lowest BCUT2D eigenvalue weighted by Gasteiger charge is -2.52. The first-order valence-corrected chi connectivity index (χ1v) is 12.7. The van der Waals surface area contributed by atoms with Crippen molar-refractivity contribution in [2.45, 2.75) is 112 Å². The third kappa shape index (κ3) is 3.76. The first-order chi connectivity index (χ1) is 14.5. The molecule has 0 spiro atoms. The predicted molar refractivity (Wildman–Crippen MR) is 135 cm³/mol. The molecule has 0 aliphatic rings. The Balaban J connectivity index is 3.10. The Hall–Kier alpha value is -1.56. The highest BCUT2D eigenvalue weighted by atomic mass is 14.5. The maximum Gasteiger partial charge on any atom is 0.0259 e. The Labute approximate surface area is 187 Å². The van der Waals surface area contributed by atoms with Crippen molar-refractivity contribution in [1.82, 2.24) is 0 Å². The second-order valence-corrected chi connectivity index (χ2v) is 8.90. The Morgan fingerprint density at radius 1 is 0.567 bits per heavy atom. The van der Waals surface area contributed by atoms with Crippen molar-refractivity contribution < 1.29 is 0 Å². The van der Waals surface area contributed by atoms with Crippen LogP contribution in [0.5, 0.6) is 0 Å². The second kappa shape index (κ2) is 10.7. The van der Waals surface area contributed by atoms with Gasteiger partial charge in [0.05, 0.1) is 0 Å². The Morgan fingerprint density at radius 3 is 1.50 bits per heavy atom. The van der Waals surface area contributed by atoms with E-state index in [1.165, 1.54) is 24.8 Å². The van der Waals surface area contributed by atoms with Gasteiger partial charge in [-0.25, -0.2) is 0 Å². The van der Waals surface area contributed by atoms with Gasteiger partial charge in [-0.15, -0.1) is 0 Å². The number of aryl methyl sites for hydroxylation is 1. The molecule has 166 valence electrons. The third-order valence-corrected chi connectivity index (χ3v) is 8.39. The van der Waals surface area contributed by atoms with Crippen molar-refractivity contribution in [2.24, 2.45) is 5.41 Å². The fourth-order valence-corrected chi connectivity index (χ4v) is 6.75. The lowest BCUT2D eigenvalue weighted by molar-refractivity contribution is 0.119. The van der Waals surface area contributed by atoms with Gasteiger partial charge in [-0.3, -0.25) is 0 Å². The molecular formula is C30H46. The standard InChI is InChI=1S/C30H46/c1-9-23-22-28(27(12-4)26(11-3)25(23)10-2)30(16-8,24-20-18-17-19-21-24)29(13-5,14-6)15-7/h17-22H,9-16H2,1-8H3. The van der Waals surface area contributed by atoms with Crippen LogP contribution >= 0.6 is 0 Å². The van der Waals surface area contributed by atoms with Crippen LogP contribution < -0.4 is 0 Å². The van der Waals surface area contributed by atoms with Crippen LogP contribution in [0.15, 0.2) is 36.4 Å². The van der Waals surface area contributed by atoms with Crippen LogP contribution in [0, 0.1) is 5.41 Å². The summed E-state index contributed by atoms with van der Waals surface area (Å²) in [5.74, 6) is 0. The van der Waals surface area contributed by atoms with Crippen LogP contribution in [-0.4, -0.2) is 0 Å². The molecule has 0 nitrogen and oxygen atoms in total. The lowest BCUT2D eigenvalue weighted by atomic mass is 9.51. The molecule has 0 radical (unpaired) electrons. The lowest BCUT2D eigenvalue weighted by Crippen LogP contribution is -2.46. The van der Waals surface area contributed by atoms with Crippen LogP contribution in [0.2, 0.25) is 0 Å². The highest BCUT2D eigenvalue weighted by Crippen LogP contribution is 2.57. The van der Waals surface area contributed by atoms with Crippen LogP contribution in [0.25, 0.3) is 0 Å². The van der Waals surface area contributed by atoms with E-state index in [1.54, 1.807) is 27.8 Å². The van der Waals surface area contributed by atoms with Gasteiger partial charge in [-0.2, -0.15) is 0 Å². The van der Waals surface area contributed by atoms with Gasteiger partial charge in [0, 0.05) is 5.41 Å². The van der Waals surface area contributed by atoms with Gasteiger partial charge in [0.2, 0.25) is 0 Å². The average molecular weight is 407 g/mol. The van der Waals surface area contributed by atoms with E-state index in [-0.39, 0.29) is 10.8 Å². The fraction of sp³-hybridized carbons (Fsp3) is 0.600. The smallest absolute Gasteiger partial charge is 0.0259 e. The minimum absolute atomic E-state index is 0.0535. The minimum Gasteiger partial charge on any atom is -0.0648 e. The first-order valence-electron chi connectivity index (χ1n) is 12.7. The van der Waals surface area contributed by atoms with E-state index >= 15 is 0 Å². The van der Waals surface area contributed by atoms with Gasteiger partial charge >= 0.3 is 0 Å². The van der Waals surface area contributed by atoms with Crippen LogP contribution in [0.3, 0.4) is 0 Å². The van der Waals surface area contributed by atoms with E-state index in [0.717, 1.165) is 32.1 Å². The Morgan fingerprint density at radius 2 is 1.10 bits per heavy atom. The highest BCUT2D eigenvalue weighted by Gasteiger charge is 2.50. The predicted octanol–water partition coefficient (Wildman–Crippen LogP) is 8.85. The largest absolute Gasteiger partial charge is 0.0648 e. The van der Waals surface area contributed by atoms with Gasteiger partial charge in [0.1, 0.15) is 0 Å². The zero-order valence-corrected chi connectivity index (χ0v) is 21.1. The van der Waals surface area contributed by atoms with Crippen molar-refractivity contribution >= 4 is 0 Å². The van der Waals surface area contributed by atoms with Crippen molar-refractivity contribution in [3.8, 4) is 0 Å². The number of rotatable bonds is 11. The molecule has 0 aliphatic heterocycles. The summed E-state index contributed by atoms with van der Waals surface area (Å²) < 4.78 is 0. The average Bonchev–Trinajstić information content (AvgIpc) is 2.81. The topological polar surface area (TPSA) is 0 Å². The van der Waals surface area contributed by atoms with E-state index < -0.39 is 0 Å². The number of hydrogen-bond acceptors (Lipinski definition) is 0. The van der Waals surface area contributed by atoms with Gasteiger partial charge in [0.25, 0.3) is 0 Å². The summed E-state index contributed by atoms with van der Waals surface area (Å²) in [6.07, 6.45) is 9.32. The Kier molecular flexibility index (Phi) is 8.77. The molecule has 0 heterocycles. The molecule has 0 saturated heterocycles. The molecule has 1 unspecified atom stereocenters. The number of benzene rings is 2. The molecule has 0 aromatic heterocycles. The fourth-order valence-electron chi connectivity index (χ4n) is 6.75. The normalized spacial score (nSPS) is 14.0. The van der Waals surface area contributed by atoms with Crippen LogP contribution in [0.4, 0.5) is 0 Å². The van der Waals surface area contributed by atoms with Crippen molar-refractivity contribution in [2.75, 3.05) is 0 Å². The number of hydrogen-bond donors (Lipinski definition) is 0. The second-order valence-electron chi connectivity index (χ2n) is 8.90. The third-order valence-electron chi connectivity index (χ3n) is 8.39. The summed E-state index contributed by atoms with van der Waals surface area (Å²) in [6.45, 7) is 19.1. The summed E-state index contributed by atoms with van der Waals surface area (Å²) in [5, 5.41) is 0. The van der Waals surface area contributed by atoms with Gasteiger partial charge in [-0.05, 0) is 90.2 Å². The SMILES string of the molecule is CCc1cc(C(CC)(c2ccccc2)C(CC)(CC)CC)c(CC)c(CC)c1CC.